The van der Waals surface area contributed by atoms with Gasteiger partial charge in [-0.1, -0.05) is 12.1 Å². The van der Waals surface area contributed by atoms with Crippen LogP contribution in [0.1, 0.15) is 36.4 Å². The number of hydrogen-bond acceptors (Lipinski definition) is 3. The molecule has 2 aliphatic rings. The van der Waals surface area contributed by atoms with E-state index < -0.39 is 0 Å². The summed E-state index contributed by atoms with van der Waals surface area (Å²) in [5, 5.41) is 0. The quantitative estimate of drug-likeness (QED) is 0.903. The van der Waals surface area contributed by atoms with Crippen molar-refractivity contribution >= 4 is 5.69 Å². The highest BCUT2D eigenvalue weighted by Crippen LogP contribution is 2.31. The van der Waals surface area contributed by atoms with E-state index in [1.165, 1.54) is 62.1 Å². The minimum absolute atomic E-state index is 0.417. The summed E-state index contributed by atoms with van der Waals surface area (Å²) in [6, 6.07) is 7.40. The van der Waals surface area contributed by atoms with Crippen LogP contribution >= 0.6 is 0 Å². The van der Waals surface area contributed by atoms with E-state index in [0.717, 1.165) is 6.54 Å². The van der Waals surface area contributed by atoms with Gasteiger partial charge in [0.15, 0.2) is 0 Å². The Morgan fingerprint density at radius 3 is 2.68 bits per heavy atom. The predicted octanol–water partition coefficient (Wildman–Crippen LogP) is 2.16. The van der Waals surface area contributed by atoms with Gasteiger partial charge in [-0.2, -0.15) is 0 Å². The van der Waals surface area contributed by atoms with E-state index in [4.69, 9.17) is 5.73 Å². The van der Waals surface area contributed by atoms with Crippen LogP contribution in [0.4, 0.5) is 5.69 Å². The first-order chi connectivity index (χ1) is 9.29. The Morgan fingerprint density at radius 2 is 1.95 bits per heavy atom. The fourth-order valence-electron chi connectivity index (χ4n) is 3.56. The third-order valence-electron chi connectivity index (χ3n) is 4.64. The minimum atomic E-state index is 0.417. The van der Waals surface area contributed by atoms with Crippen LogP contribution in [0.3, 0.4) is 0 Å². The van der Waals surface area contributed by atoms with E-state index in [0.29, 0.717) is 6.04 Å². The molecular weight excluding hydrogens is 234 g/mol. The lowest BCUT2D eigenvalue weighted by molar-refractivity contribution is 0.251. The molecule has 1 atom stereocenters. The first-order valence-electron chi connectivity index (χ1n) is 7.57. The van der Waals surface area contributed by atoms with Gasteiger partial charge in [0.2, 0.25) is 0 Å². The fraction of sp³-hybridized carbons (Fsp3) is 0.625. The van der Waals surface area contributed by atoms with Crippen LogP contribution in [-0.2, 0) is 6.42 Å². The van der Waals surface area contributed by atoms with E-state index in [2.05, 4.69) is 35.0 Å². The fourth-order valence-corrected chi connectivity index (χ4v) is 3.56. The summed E-state index contributed by atoms with van der Waals surface area (Å²) in [5.41, 5.74) is 10.4. The van der Waals surface area contributed by atoms with Gasteiger partial charge in [-0.05, 0) is 56.0 Å². The van der Waals surface area contributed by atoms with Crippen molar-refractivity contribution in [3.8, 4) is 0 Å². The first kappa shape index (κ1) is 12.9. The molecular formula is C16H25N3. The summed E-state index contributed by atoms with van der Waals surface area (Å²) in [6.07, 6.45) is 5.13. The Bertz CT molecular complexity index is 438. The molecule has 0 amide bonds. The number of hydrogen-bond donors (Lipinski definition) is 1. The van der Waals surface area contributed by atoms with Crippen molar-refractivity contribution in [3.05, 3.63) is 29.3 Å². The number of rotatable bonds is 3. The molecule has 1 aromatic rings. The van der Waals surface area contributed by atoms with E-state index in [1.54, 1.807) is 0 Å². The standard InChI is InChI=1S/C16H25N3/c1-18-8-4-5-13-11-14(6-7-15(13)18)16(12-17)19-9-2-3-10-19/h6-7,11,16H,2-5,8-10,12,17H2,1H3. The van der Waals surface area contributed by atoms with Gasteiger partial charge >= 0.3 is 0 Å². The molecule has 0 spiro atoms. The number of nitrogens with zero attached hydrogens (tertiary/aromatic N) is 2. The minimum Gasteiger partial charge on any atom is -0.374 e. The van der Waals surface area contributed by atoms with E-state index in [-0.39, 0.29) is 0 Å². The molecule has 1 unspecified atom stereocenters. The maximum absolute atomic E-state index is 6.04. The highest BCUT2D eigenvalue weighted by molar-refractivity contribution is 5.56. The maximum Gasteiger partial charge on any atom is 0.0470 e. The highest BCUT2D eigenvalue weighted by Gasteiger charge is 2.23. The summed E-state index contributed by atoms with van der Waals surface area (Å²) in [7, 11) is 2.19. The van der Waals surface area contributed by atoms with Gasteiger partial charge in [0.25, 0.3) is 0 Å². The lowest BCUT2D eigenvalue weighted by Gasteiger charge is -2.31. The van der Waals surface area contributed by atoms with Gasteiger partial charge in [0, 0.05) is 31.9 Å². The SMILES string of the molecule is CN1CCCc2cc(C(CN)N3CCCC3)ccc21. The largest absolute Gasteiger partial charge is 0.374 e. The number of aryl methyl sites for hydroxylation is 1. The van der Waals surface area contributed by atoms with E-state index in [1.807, 2.05) is 0 Å². The van der Waals surface area contributed by atoms with Crippen LogP contribution in [0.15, 0.2) is 18.2 Å². The molecule has 0 saturated carbocycles. The molecule has 0 bridgehead atoms. The molecule has 1 fully saturated rings. The zero-order chi connectivity index (χ0) is 13.2. The Hall–Kier alpha value is -1.06. The lowest BCUT2D eigenvalue weighted by Crippen LogP contribution is -2.32. The van der Waals surface area contributed by atoms with Gasteiger partial charge in [0.05, 0.1) is 0 Å². The molecule has 2 N–H and O–H groups in total. The van der Waals surface area contributed by atoms with Crippen molar-refractivity contribution in [1.29, 1.82) is 0 Å². The Morgan fingerprint density at radius 1 is 1.16 bits per heavy atom. The summed E-state index contributed by atoms with van der Waals surface area (Å²) < 4.78 is 0. The molecule has 1 aromatic carbocycles. The number of anilines is 1. The van der Waals surface area contributed by atoms with Crippen LogP contribution in [0.25, 0.3) is 0 Å². The van der Waals surface area contributed by atoms with Crippen LogP contribution in [0, 0.1) is 0 Å². The summed E-state index contributed by atoms with van der Waals surface area (Å²) in [6.45, 7) is 4.32. The van der Waals surface area contributed by atoms with Crippen LogP contribution in [0.2, 0.25) is 0 Å². The zero-order valence-electron chi connectivity index (χ0n) is 11.9. The second kappa shape index (κ2) is 5.51. The normalized spacial score (nSPS) is 21.5. The van der Waals surface area contributed by atoms with Crippen molar-refractivity contribution in [2.24, 2.45) is 5.73 Å². The highest BCUT2D eigenvalue weighted by atomic mass is 15.2. The molecule has 2 heterocycles. The monoisotopic (exact) mass is 259 g/mol. The topological polar surface area (TPSA) is 32.5 Å². The van der Waals surface area contributed by atoms with Crippen LogP contribution < -0.4 is 10.6 Å². The average molecular weight is 259 g/mol. The van der Waals surface area contributed by atoms with Gasteiger partial charge in [0.1, 0.15) is 0 Å². The van der Waals surface area contributed by atoms with Gasteiger partial charge in [-0.3, -0.25) is 4.90 Å². The van der Waals surface area contributed by atoms with Crippen LogP contribution in [-0.4, -0.2) is 38.1 Å². The second-order valence-corrected chi connectivity index (χ2v) is 5.91. The Balaban J connectivity index is 1.87. The van der Waals surface area contributed by atoms with Crippen LogP contribution in [0.5, 0.6) is 0 Å². The predicted molar refractivity (Wildman–Crippen MR) is 80.6 cm³/mol. The van der Waals surface area contributed by atoms with Gasteiger partial charge in [-0.15, -0.1) is 0 Å². The molecule has 3 nitrogen and oxygen atoms in total. The van der Waals surface area contributed by atoms with Crippen molar-refractivity contribution in [3.63, 3.8) is 0 Å². The molecule has 0 radical (unpaired) electrons. The third kappa shape index (κ3) is 2.49. The zero-order valence-corrected chi connectivity index (χ0v) is 11.9. The summed E-state index contributed by atoms with van der Waals surface area (Å²) in [4.78, 5) is 4.92. The number of benzene rings is 1. The van der Waals surface area contributed by atoms with E-state index >= 15 is 0 Å². The average Bonchev–Trinajstić information content (AvgIpc) is 2.94. The van der Waals surface area contributed by atoms with E-state index in [9.17, 15) is 0 Å². The molecule has 3 rings (SSSR count). The van der Waals surface area contributed by atoms with Crippen molar-refractivity contribution in [2.45, 2.75) is 31.7 Å². The third-order valence-corrected chi connectivity index (χ3v) is 4.64. The second-order valence-electron chi connectivity index (χ2n) is 5.91. The van der Waals surface area contributed by atoms with Crippen molar-refractivity contribution in [1.82, 2.24) is 4.90 Å². The molecule has 19 heavy (non-hydrogen) atoms. The van der Waals surface area contributed by atoms with Gasteiger partial charge in [-0.25, -0.2) is 0 Å². The number of fused-ring (bicyclic) bond motifs is 1. The summed E-state index contributed by atoms with van der Waals surface area (Å²) in [5.74, 6) is 0. The molecule has 0 aliphatic carbocycles. The van der Waals surface area contributed by atoms with Crippen molar-refractivity contribution < 1.29 is 0 Å². The smallest absolute Gasteiger partial charge is 0.0470 e. The number of nitrogens with two attached hydrogens (primary N) is 1. The number of likely N-dealkylation sites (tertiary alicyclic amines) is 1. The molecule has 0 aromatic heterocycles. The first-order valence-corrected chi connectivity index (χ1v) is 7.57. The Labute approximate surface area is 116 Å². The molecule has 3 heteroatoms. The summed E-state index contributed by atoms with van der Waals surface area (Å²) >= 11 is 0. The molecule has 1 saturated heterocycles. The lowest BCUT2D eigenvalue weighted by atomic mass is 9.96. The van der Waals surface area contributed by atoms with Crippen molar-refractivity contribution in [2.75, 3.05) is 38.1 Å². The molecule has 2 aliphatic heterocycles. The van der Waals surface area contributed by atoms with Gasteiger partial charge < -0.3 is 10.6 Å². The maximum atomic E-state index is 6.04. The molecule has 104 valence electrons. The Kier molecular flexibility index (Phi) is 3.76.